The van der Waals surface area contributed by atoms with Gasteiger partial charge in [0.1, 0.15) is 6.61 Å². The molecule has 1 aliphatic heterocycles. The fourth-order valence-electron chi connectivity index (χ4n) is 4.66. The van der Waals surface area contributed by atoms with Crippen molar-refractivity contribution in [3.8, 4) is 11.1 Å². The van der Waals surface area contributed by atoms with Crippen molar-refractivity contribution in [2.45, 2.75) is 12.3 Å². The number of ether oxygens (including phenoxy) is 1. The van der Waals surface area contributed by atoms with E-state index in [0.29, 0.717) is 19.1 Å². The van der Waals surface area contributed by atoms with Crippen LogP contribution in [-0.2, 0) is 4.74 Å². The van der Waals surface area contributed by atoms with Crippen LogP contribution in [0.1, 0.15) is 23.5 Å². The van der Waals surface area contributed by atoms with Gasteiger partial charge in [0.15, 0.2) is 0 Å². The molecule has 2 aliphatic carbocycles. The zero-order valence-corrected chi connectivity index (χ0v) is 14.0. The standard InChI is InChI=1S/C21H21NO3/c23-13-21-9-14(21)10-22(12-21)20(24)25-11-19-17-7-3-1-5-15(17)16-6-2-4-8-18(16)19/h1-8,14,19,23H,9-13H2/t14-,21+/m0/s1. The number of amides is 1. The monoisotopic (exact) mass is 335 g/mol. The number of fused-ring (bicyclic) bond motifs is 4. The van der Waals surface area contributed by atoms with E-state index in [1.807, 2.05) is 12.1 Å². The van der Waals surface area contributed by atoms with Gasteiger partial charge in [0, 0.05) is 24.4 Å². The van der Waals surface area contributed by atoms with E-state index in [0.717, 1.165) is 13.0 Å². The molecule has 5 rings (SSSR count). The van der Waals surface area contributed by atoms with Gasteiger partial charge in [0.2, 0.25) is 0 Å². The van der Waals surface area contributed by atoms with E-state index in [4.69, 9.17) is 4.74 Å². The van der Waals surface area contributed by atoms with Crippen LogP contribution >= 0.6 is 0 Å². The minimum Gasteiger partial charge on any atom is -0.448 e. The summed E-state index contributed by atoms with van der Waals surface area (Å²) in [5, 5.41) is 9.51. The van der Waals surface area contributed by atoms with Crippen molar-refractivity contribution in [3.63, 3.8) is 0 Å². The lowest BCUT2D eigenvalue weighted by atomic mass is 9.98. The van der Waals surface area contributed by atoms with Gasteiger partial charge in [-0.2, -0.15) is 0 Å². The number of nitrogens with zero attached hydrogens (tertiary/aromatic N) is 1. The SMILES string of the molecule is O=C(OCC1c2ccccc2-c2ccccc21)N1C[C@@H]2C[C@]2(CO)C1. The maximum atomic E-state index is 12.5. The summed E-state index contributed by atoms with van der Waals surface area (Å²) < 4.78 is 5.69. The quantitative estimate of drug-likeness (QED) is 0.937. The summed E-state index contributed by atoms with van der Waals surface area (Å²) in [4.78, 5) is 14.2. The lowest BCUT2D eigenvalue weighted by Crippen LogP contribution is -2.34. The average molecular weight is 335 g/mol. The number of piperidine rings is 1. The third-order valence-corrected chi connectivity index (χ3v) is 6.21. The first-order valence-corrected chi connectivity index (χ1v) is 8.93. The van der Waals surface area contributed by atoms with Crippen molar-refractivity contribution in [1.29, 1.82) is 0 Å². The molecular weight excluding hydrogens is 314 g/mol. The fourth-order valence-corrected chi connectivity index (χ4v) is 4.66. The molecule has 2 fully saturated rings. The summed E-state index contributed by atoms with van der Waals surface area (Å²) in [5.41, 5.74) is 4.90. The molecule has 0 spiro atoms. The summed E-state index contributed by atoms with van der Waals surface area (Å²) in [7, 11) is 0. The number of aliphatic hydroxyl groups excluding tert-OH is 1. The van der Waals surface area contributed by atoms with Gasteiger partial charge in [-0.25, -0.2) is 4.79 Å². The van der Waals surface area contributed by atoms with Gasteiger partial charge in [-0.1, -0.05) is 48.5 Å². The molecule has 0 unspecified atom stereocenters. The maximum Gasteiger partial charge on any atom is 0.409 e. The molecule has 4 nitrogen and oxygen atoms in total. The van der Waals surface area contributed by atoms with Crippen molar-refractivity contribution < 1.29 is 14.6 Å². The summed E-state index contributed by atoms with van der Waals surface area (Å²) in [6.45, 7) is 1.88. The lowest BCUT2D eigenvalue weighted by molar-refractivity contribution is 0.0978. The van der Waals surface area contributed by atoms with E-state index in [1.165, 1.54) is 22.3 Å². The van der Waals surface area contributed by atoms with Gasteiger partial charge >= 0.3 is 6.09 Å². The number of hydrogen-bond donors (Lipinski definition) is 1. The third-order valence-electron chi connectivity index (χ3n) is 6.21. The number of benzene rings is 2. The lowest BCUT2D eigenvalue weighted by Gasteiger charge is -2.21. The Kier molecular flexibility index (Phi) is 3.19. The van der Waals surface area contributed by atoms with Crippen LogP contribution in [0.4, 0.5) is 4.79 Å². The highest BCUT2D eigenvalue weighted by molar-refractivity contribution is 5.79. The Bertz CT molecular complexity index is 799. The zero-order chi connectivity index (χ0) is 17.0. The summed E-state index contributed by atoms with van der Waals surface area (Å²) >= 11 is 0. The molecule has 1 amide bonds. The van der Waals surface area contributed by atoms with Gasteiger partial charge in [0.25, 0.3) is 0 Å². The third kappa shape index (κ3) is 2.20. The van der Waals surface area contributed by atoms with Crippen LogP contribution in [0.5, 0.6) is 0 Å². The zero-order valence-electron chi connectivity index (χ0n) is 14.0. The van der Waals surface area contributed by atoms with Crippen molar-refractivity contribution in [2.75, 3.05) is 26.3 Å². The fraction of sp³-hybridized carbons (Fsp3) is 0.381. The molecule has 0 radical (unpaired) electrons. The molecule has 3 aliphatic rings. The van der Waals surface area contributed by atoms with Gasteiger partial charge < -0.3 is 14.7 Å². The van der Waals surface area contributed by atoms with Crippen LogP contribution < -0.4 is 0 Å². The Morgan fingerprint density at radius 3 is 2.36 bits per heavy atom. The van der Waals surface area contributed by atoms with Crippen molar-refractivity contribution >= 4 is 6.09 Å². The van der Waals surface area contributed by atoms with Gasteiger partial charge in [-0.05, 0) is 34.6 Å². The highest BCUT2D eigenvalue weighted by Gasteiger charge is 2.60. The normalized spacial score (nSPS) is 26.1. The first-order chi connectivity index (χ1) is 12.2. The predicted molar refractivity (Wildman–Crippen MR) is 94.3 cm³/mol. The number of rotatable bonds is 3. The Labute approximate surface area is 147 Å². The second-order valence-corrected chi connectivity index (χ2v) is 7.61. The van der Waals surface area contributed by atoms with Crippen LogP contribution in [0.25, 0.3) is 11.1 Å². The predicted octanol–water partition coefficient (Wildman–Crippen LogP) is 3.25. The number of carbonyl (C=O) groups is 1. The van der Waals surface area contributed by atoms with E-state index < -0.39 is 0 Å². The second kappa shape index (κ2) is 5.33. The highest BCUT2D eigenvalue weighted by atomic mass is 16.6. The maximum absolute atomic E-state index is 12.5. The van der Waals surface area contributed by atoms with Crippen LogP contribution in [-0.4, -0.2) is 42.4 Å². The Morgan fingerprint density at radius 2 is 1.76 bits per heavy atom. The topological polar surface area (TPSA) is 49.8 Å². The van der Waals surface area contributed by atoms with Crippen molar-refractivity contribution in [2.24, 2.45) is 11.3 Å². The molecule has 2 aromatic rings. The molecular formula is C21H21NO3. The average Bonchev–Trinajstić information content (AvgIpc) is 3.07. The molecule has 2 aromatic carbocycles. The number of hydrogen-bond acceptors (Lipinski definition) is 3. The van der Waals surface area contributed by atoms with Gasteiger partial charge in [-0.3, -0.25) is 0 Å². The first-order valence-electron chi connectivity index (χ1n) is 8.93. The number of aliphatic hydroxyl groups is 1. The summed E-state index contributed by atoms with van der Waals surface area (Å²) in [6.07, 6.45) is 0.790. The Balaban J connectivity index is 1.32. The molecule has 1 saturated carbocycles. The summed E-state index contributed by atoms with van der Waals surface area (Å²) in [5.74, 6) is 0.554. The van der Waals surface area contributed by atoms with Gasteiger partial charge in [-0.15, -0.1) is 0 Å². The molecule has 25 heavy (non-hydrogen) atoms. The Hall–Kier alpha value is -2.33. The Morgan fingerprint density at radius 1 is 1.12 bits per heavy atom. The van der Waals surface area contributed by atoms with Crippen molar-refractivity contribution in [3.05, 3.63) is 59.7 Å². The molecule has 2 atom stereocenters. The molecule has 0 aromatic heterocycles. The van der Waals surface area contributed by atoms with Crippen molar-refractivity contribution in [1.82, 2.24) is 4.90 Å². The van der Waals surface area contributed by atoms with Crippen LogP contribution in [0, 0.1) is 11.3 Å². The number of carbonyl (C=O) groups excluding carboxylic acids is 1. The van der Waals surface area contributed by atoms with E-state index in [2.05, 4.69) is 36.4 Å². The van der Waals surface area contributed by atoms with Crippen LogP contribution in [0.2, 0.25) is 0 Å². The molecule has 1 N–H and O–H groups in total. The number of likely N-dealkylation sites (tertiary alicyclic amines) is 1. The highest BCUT2D eigenvalue weighted by Crippen LogP contribution is 2.57. The minimum atomic E-state index is -0.248. The molecule has 128 valence electrons. The van der Waals surface area contributed by atoms with E-state index in [-0.39, 0.29) is 24.0 Å². The van der Waals surface area contributed by atoms with Gasteiger partial charge in [0.05, 0.1) is 6.61 Å². The molecule has 4 heteroatoms. The largest absolute Gasteiger partial charge is 0.448 e. The van der Waals surface area contributed by atoms with E-state index in [1.54, 1.807) is 4.90 Å². The molecule has 1 heterocycles. The van der Waals surface area contributed by atoms with E-state index in [9.17, 15) is 9.90 Å². The molecule has 1 saturated heterocycles. The second-order valence-electron chi connectivity index (χ2n) is 7.61. The molecule has 0 bridgehead atoms. The summed E-state index contributed by atoms with van der Waals surface area (Å²) in [6, 6.07) is 16.7. The van der Waals surface area contributed by atoms with Crippen LogP contribution in [0.3, 0.4) is 0 Å². The smallest absolute Gasteiger partial charge is 0.409 e. The minimum absolute atomic E-state index is 0.0361. The van der Waals surface area contributed by atoms with Crippen LogP contribution in [0.15, 0.2) is 48.5 Å². The van der Waals surface area contributed by atoms with E-state index >= 15 is 0 Å². The first kappa shape index (κ1) is 15.0.